The number of nitrogens with zero attached hydrogens (tertiary/aromatic N) is 1. The Balaban J connectivity index is 2.96. The second kappa shape index (κ2) is 4.82. The van der Waals surface area contributed by atoms with Crippen LogP contribution >= 0.6 is 0 Å². The largest absolute Gasteiger partial charge is 0.479 e. The number of likely N-dealkylation sites (N-methyl/N-ethyl adjacent to an activating group) is 1. The first-order chi connectivity index (χ1) is 7.44. The van der Waals surface area contributed by atoms with Crippen LogP contribution in [-0.4, -0.2) is 47.2 Å². The zero-order valence-electron chi connectivity index (χ0n) is 10.0. The molecule has 0 aromatic rings. The molecule has 1 heterocycles. The maximum atomic E-state index is 11.4. The van der Waals surface area contributed by atoms with Crippen molar-refractivity contribution in [2.45, 2.75) is 44.8 Å². The smallest absolute Gasteiger partial charge is 0.329 e. The van der Waals surface area contributed by atoms with Crippen molar-refractivity contribution < 1.29 is 19.4 Å². The van der Waals surface area contributed by atoms with E-state index in [1.54, 1.807) is 7.05 Å². The Morgan fingerprint density at radius 2 is 2.19 bits per heavy atom. The lowest BCUT2D eigenvalue weighted by Crippen LogP contribution is -2.59. The normalized spacial score (nSPS) is 29.8. The van der Waals surface area contributed by atoms with Crippen LogP contribution in [0.4, 0.5) is 0 Å². The van der Waals surface area contributed by atoms with Gasteiger partial charge in [-0.1, -0.05) is 6.92 Å². The summed E-state index contributed by atoms with van der Waals surface area (Å²) < 4.78 is 5.46. The molecule has 0 aromatic heterocycles. The molecule has 0 aromatic carbocycles. The standard InChI is InChI=1S/C11H19NO4/c1-4-9-7-11(10(14)15,5-6-16-9)12(3)8(2)13/h9H,4-7H2,1-3H3,(H,14,15). The van der Waals surface area contributed by atoms with E-state index in [1.807, 2.05) is 6.92 Å². The molecule has 5 heteroatoms. The zero-order valence-corrected chi connectivity index (χ0v) is 10.0. The molecular weight excluding hydrogens is 210 g/mol. The van der Waals surface area contributed by atoms with Crippen molar-refractivity contribution in [1.29, 1.82) is 0 Å². The first-order valence-electron chi connectivity index (χ1n) is 5.53. The molecule has 2 atom stereocenters. The van der Waals surface area contributed by atoms with Gasteiger partial charge in [-0.2, -0.15) is 0 Å². The molecule has 0 aliphatic carbocycles. The van der Waals surface area contributed by atoms with Crippen LogP contribution in [0.2, 0.25) is 0 Å². The van der Waals surface area contributed by atoms with Crippen molar-refractivity contribution in [3.05, 3.63) is 0 Å². The van der Waals surface area contributed by atoms with Crippen molar-refractivity contribution in [2.24, 2.45) is 0 Å². The van der Waals surface area contributed by atoms with E-state index in [4.69, 9.17) is 4.74 Å². The number of carboxylic acids is 1. The molecule has 1 aliphatic rings. The summed E-state index contributed by atoms with van der Waals surface area (Å²) in [6, 6.07) is 0. The fourth-order valence-electron chi connectivity index (χ4n) is 2.14. The van der Waals surface area contributed by atoms with Crippen LogP contribution in [0, 0.1) is 0 Å². The van der Waals surface area contributed by atoms with Gasteiger partial charge >= 0.3 is 5.97 Å². The number of carbonyl (C=O) groups excluding carboxylic acids is 1. The van der Waals surface area contributed by atoms with Crippen molar-refractivity contribution in [2.75, 3.05) is 13.7 Å². The lowest BCUT2D eigenvalue weighted by molar-refractivity contribution is -0.167. The lowest BCUT2D eigenvalue weighted by Gasteiger charge is -2.43. The third-order valence-electron chi connectivity index (χ3n) is 3.40. The minimum absolute atomic E-state index is 0.0772. The van der Waals surface area contributed by atoms with Gasteiger partial charge in [0.15, 0.2) is 0 Å². The van der Waals surface area contributed by atoms with E-state index in [1.165, 1.54) is 11.8 Å². The average Bonchev–Trinajstić information content (AvgIpc) is 2.27. The maximum absolute atomic E-state index is 11.4. The number of hydrogen-bond donors (Lipinski definition) is 1. The zero-order chi connectivity index (χ0) is 12.3. The summed E-state index contributed by atoms with van der Waals surface area (Å²) in [4.78, 5) is 24.1. The molecule has 0 radical (unpaired) electrons. The minimum atomic E-state index is -1.09. The van der Waals surface area contributed by atoms with Crippen molar-refractivity contribution in [3.8, 4) is 0 Å². The van der Waals surface area contributed by atoms with Gasteiger partial charge in [0.1, 0.15) is 5.54 Å². The van der Waals surface area contributed by atoms with Gasteiger partial charge in [-0.3, -0.25) is 4.79 Å². The highest BCUT2D eigenvalue weighted by Gasteiger charge is 2.47. The second-order valence-corrected chi connectivity index (χ2v) is 4.27. The summed E-state index contributed by atoms with van der Waals surface area (Å²) in [5.74, 6) is -1.16. The Labute approximate surface area is 95.4 Å². The summed E-state index contributed by atoms with van der Waals surface area (Å²) in [6.07, 6.45) is 1.41. The van der Waals surface area contributed by atoms with E-state index in [2.05, 4.69) is 0 Å². The number of ether oxygens (including phenoxy) is 1. The van der Waals surface area contributed by atoms with E-state index >= 15 is 0 Å². The molecule has 0 bridgehead atoms. The van der Waals surface area contributed by atoms with E-state index in [0.717, 1.165) is 6.42 Å². The molecule has 5 nitrogen and oxygen atoms in total. The highest BCUT2D eigenvalue weighted by molar-refractivity contribution is 5.86. The molecule has 92 valence electrons. The predicted octanol–water partition coefficient (Wildman–Crippen LogP) is 0.877. The predicted molar refractivity (Wildman–Crippen MR) is 58.1 cm³/mol. The first-order valence-corrected chi connectivity index (χ1v) is 5.53. The molecule has 1 N–H and O–H groups in total. The first kappa shape index (κ1) is 13.0. The van der Waals surface area contributed by atoms with Crippen LogP contribution < -0.4 is 0 Å². The second-order valence-electron chi connectivity index (χ2n) is 4.27. The molecule has 16 heavy (non-hydrogen) atoms. The van der Waals surface area contributed by atoms with Gasteiger partial charge in [0.2, 0.25) is 5.91 Å². The molecule has 0 saturated carbocycles. The molecule has 0 spiro atoms. The van der Waals surface area contributed by atoms with Crippen LogP contribution in [0.25, 0.3) is 0 Å². The Bertz CT molecular complexity index is 292. The molecule has 1 rings (SSSR count). The van der Waals surface area contributed by atoms with Gasteiger partial charge in [0.05, 0.1) is 6.10 Å². The van der Waals surface area contributed by atoms with E-state index < -0.39 is 11.5 Å². The Morgan fingerprint density at radius 1 is 1.56 bits per heavy atom. The van der Waals surface area contributed by atoms with Gasteiger partial charge in [-0.05, 0) is 6.42 Å². The van der Waals surface area contributed by atoms with Crippen LogP contribution in [0.5, 0.6) is 0 Å². The van der Waals surface area contributed by atoms with Crippen molar-refractivity contribution >= 4 is 11.9 Å². The van der Waals surface area contributed by atoms with Crippen LogP contribution in [0.1, 0.15) is 33.1 Å². The van der Waals surface area contributed by atoms with Crippen LogP contribution in [0.3, 0.4) is 0 Å². The summed E-state index contributed by atoms with van der Waals surface area (Å²) in [5, 5.41) is 9.37. The number of carbonyl (C=O) groups is 2. The number of hydrogen-bond acceptors (Lipinski definition) is 3. The van der Waals surface area contributed by atoms with Crippen molar-refractivity contribution in [1.82, 2.24) is 4.90 Å². The average molecular weight is 229 g/mol. The molecular formula is C11H19NO4. The molecule has 1 saturated heterocycles. The number of amides is 1. The van der Waals surface area contributed by atoms with Gasteiger partial charge in [0.25, 0.3) is 0 Å². The fraction of sp³-hybridized carbons (Fsp3) is 0.818. The quantitative estimate of drug-likeness (QED) is 0.780. The minimum Gasteiger partial charge on any atom is -0.479 e. The Kier molecular flexibility index (Phi) is 3.91. The number of carboxylic acid groups (broad SMARTS) is 1. The topological polar surface area (TPSA) is 66.8 Å². The highest BCUT2D eigenvalue weighted by atomic mass is 16.5. The van der Waals surface area contributed by atoms with Gasteiger partial charge in [0, 0.05) is 33.4 Å². The van der Waals surface area contributed by atoms with Crippen LogP contribution in [0.15, 0.2) is 0 Å². The number of rotatable bonds is 3. The third kappa shape index (κ3) is 2.19. The van der Waals surface area contributed by atoms with Gasteiger partial charge in [-0.25, -0.2) is 4.79 Å². The third-order valence-corrected chi connectivity index (χ3v) is 3.40. The number of aliphatic carboxylic acids is 1. The highest BCUT2D eigenvalue weighted by Crippen LogP contribution is 2.31. The molecule has 1 fully saturated rings. The van der Waals surface area contributed by atoms with Gasteiger partial charge < -0.3 is 14.7 Å². The molecule has 2 unspecified atom stereocenters. The summed E-state index contributed by atoms with van der Waals surface area (Å²) in [5.41, 5.74) is -1.09. The van der Waals surface area contributed by atoms with Crippen LogP contribution in [-0.2, 0) is 14.3 Å². The summed E-state index contributed by atoms with van der Waals surface area (Å²) >= 11 is 0. The summed E-state index contributed by atoms with van der Waals surface area (Å²) in [7, 11) is 1.55. The maximum Gasteiger partial charge on any atom is 0.329 e. The van der Waals surface area contributed by atoms with E-state index in [-0.39, 0.29) is 12.0 Å². The van der Waals surface area contributed by atoms with E-state index in [0.29, 0.717) is 19.4 Å². The van der Waals surface area contributed by atoms with E-state index in [9.17, 15) is 14.7 Å². The monoisotopic (exact) mass is 229 g/mol. The molecule has 1 amide bonds. The Hall–Kier alpha value is -1.10. The van der Waals surface area contributed by atoms with Gasteiger partial charge in [-0.15, -0.1) is 0 Å². The fourth-order valence-corrected chi connectivity index (χ4v) is 2.14. The molecule has 1 aliphatic heterocycles. The lowest BCUT2D eigenvalue weighted by atomic mass is 9.84. The van der Waals surface area contributed by atoms with Crippen molar-refractivity contribution in [3.63, 3.8) is 0 Å². The SMILES string of the molecule is CCC1CC(C(=O)O)(N(C)C(C)=O)CCO1. The summed E-state index contributed by atoms with van der Waals surface area (Å²) in [6.45, 7) is 3.74. The Morgan fingerprint density at radius 3 is 2.62 bits per heavy atom.